The van der Waals surface area contributed by atoms with Gasteiger partial charge in [0, 0.05) is 10.4 Å². The summed E-state index contributed by atoms with van der Waals surface area (Å²) in [4.78, 5) is 44.1. The summed E-state index contributed by atoms with van der Waals surface area (Å²) >= 11 is 2.75. The van der Waals surface area contributed by atoms with Gasteiger partial charge in [-0.1, -0.05) is 41.6 Å². The lowest BCUT2D eigenvalue weighted by Crippen LogP contribution is -2.24. The molecule has 2 aromatic carbocycles. The minimum absolute atomic E-state index is 0.0105. The van der Waals surface area contributed by atoms with Crippen LogP contribution in [0.5, 0.6) is 5.75 Å². The Kier molecular flexibility index (Phi) is 8.08. The second kappa shape index (κ2) is 11.8. The Morgan fingerprint density at radius 2 is 1.95 bits per heavy atom. The van der Waals surface area contributed by atoms with Crippen LogP contribution in [0.25, 0.3) is 15.9 Å². The number of fused-ring (bicyclic) bond motifs is 3. The predicted octanol–water partition coefficient (Wildman–Crippen LogP) is 4.34. The average molecular weight is 563 g/mol. The molecule has 2 aromatic heterocycles. The monoisotopic (exact) mass is 562 g/mol. The van der Waals surface area contributed by atoms with Gasteiger partial charge in [0.15, 0.2) is 11.8 Å². The normalized spacial score (nSPS) is 12.9. The molecule has 0 fully saturated rings. The van der Waals surface area contributed by atoms with Crippen LogP contribution in [-0.4, -0.2) is 45.1 Å². The molecule has 0 spiro atoms. The highest BCUT2D eigenvalue weighted by Crippen LogP contribution is 2.35. The van der Waals surface area contributed by atoms with Crippen molar-refractivity contribution in [3.63, 3.8) is 0 Å². The van der Waals surface area contributed by atoms with Crippen molar-refractivity contribution < 1.29 is 19.4 Å². The number of hydrazone groups is 1. The number of nitrogens with one attached hydrogen (secondary N) is 1. The third-order valence-corrected chi connectivity index (χ3v) is 8.37. The van der Waals surface area contributed by atoms with Crippen molar-refractivity contribution in [2.75, 3.05) is 12.4 Å². The molecule has 11 heteroatoms. The van der Waals surface area contributed by atoms with Crippen LogP contribution in [0.4, 0.5) is 0 Å². The Morgan fingerprint density at radius 3 is 2.74 bits per heavy atom. The second-order valence-electron chi connectivity index (χ2n) is 9.06. The predicted molar refractivity (Wildman–Crippen MR) is 153 cm³/mol. The van der Waals surface area contributed by atoms with Crippen LogP contribution >= 0.6 is 23.1 Å². The fraction of sp³-hybridized carbons (Fsp3) is 0.250. The lowest BCUT2D eigenvalue weighted by molar-refractivity contribution is -0.139. The lowest BCUT2D eigenvalue weighted by Gasteiger charge is -2.13. The Balaban J connectivity index is 1.37. The number of aryl methyl sites for hydroxylation is 3. The van der Waals surface area contributed by atoms with Crippen LogP contribution in [0, 0.1) is 6.92 Å². The topological polar surface area (TPSA) is 123 Å². The summed E-state index contributed by atoms with van der Waals surface area (Å²) in [5.74, 6) is -1.14. The van der Waals surface area contributed by atoms with E-state index in [0.29, 0.717) is 32.4 Å². The SMILES string of the molecule is Cc1ccc(-n2c(SCC(=O)NN=Cc3ccccc3OCC(=O)O)nc3sc4c(c3c2=O)CCCC4)cc1. The van der Waals surface area contributed by atoms with Gasteiger partial charge in [0.2, 0.25) is 0 Å². The number of aromatic nitrogens is 2. The Labute approximate surface area is 232 Å². The van der Waals surface area contributed by atoms with E-state index >= 15 is 0 Å². The standard InChI is InChI=1S/C28H26N4O5S2/c1-17-10-12-19(13-11-17)32-27(36)25-20-7-3-5-9-22(20)39-26(25)30-28(32)38-16-23(33)31-29-14-18-6-2-4-8-21(18)37-15-24(34)35/h2,4,6,8,10-14H,3,5,7,9,15-16H2,1H3,(H,31,33)(H,34,35). The van der Waals surface area contributed by atoms with E-state index in [2.05, 4.69) is 10.5 Å². The zero-order valence-corrected chi connectivity index (χ0v) is 22.8. The van der Waals surface area contributed by atoms with Crippen LogP contribution in [0.3, 0.4) is 0 Å². The second-order valence-corrected chi connectivity index (χ2v) is 11.1. The number of aliphatic carboxylic acids is 1. The summed E-state index contributed by atoms with van der Waals surface area (Å²) in [6.45, 7) is 1.50. The largest absolute Gasteiger partial charge is 0.481 e. The number of ether oxygens (including phenoxy) is 1. The molecule has 200 valence electrons. The molecule has 9 nitrogen and oxygen atoms in total. The Bertz CT molecular complexity index is 1630. The third-order valence-electron chi connectivity index (χ3n) is 6.25. The molecule has 0 saturated carbocycles. The highest BCUT2D eigenvalue weighted by molar-refractivity contribution is 7.99. The van der Waals surface area contributed by atoms with Crippen molar-refractivity contribution in [2.45, 2.75) is 37.8 Å². The molecular weight excluding hydrogens is 536 g/mol. The summed E-state index contributed by atoms with van der Waals surface area (Å²) in [6.07, 6.45) is 5.42. The molecule has 0 radical (unpaired) electrons. The molecule has 0 atom stereocenters. The Hall–Kier alpha value is -3.96. The molecule has 2 heterocycles. The van der Waals surface area contributed by atoms with Crippen molar-refractivity contribution in [3.05, 3.63) is 80.5 Å². The van der Waals surface area contributed by atoms with E-state index in [1.165, 1.54) is 22.9 Å². The van der Waals surface area contributed by atoms with Crippen LogP contribution in [0.1, 0.15) is 34.4 Å². The van der Waals surface area contributed by atoms with E-state index < -0.39 is 12.6 Å². The molecular formula is C28H26N4O5S2. The van der Waals surface area contributed by atoms with Crippen LogP contribution < -0.4 is 15.7 Å². The lowest BCUT2D eigenvalue weighted by atomic mass is 9.97. The summed E-state index contributed by atoms with van der Waals surface area (Å²) in [5.41, 5.74) is 5.79. The van der Waals surface area contributed by atoms with Gasteiger partial charge in [0.25, 0.3) is 11.5 Å². The highest BCUT2D eigenvalue weighted by atomic mass is 32.2. The van der Waals surface area contributed by atoms with E-state index in [4.69, 9.17) is 14.8 Å². The first-order valence-corrected chi connectivity index (χ1v) is 14.2. The first-order chi connectivity index (χ1) is 18.9. The van der Waals surface area contributed by atoms with Gasteiger partial charge in [-0.05, 0) is 62.4 Å². The van der Waals surface area contributed by atoms with Crippen molar-refractivity contribution in [1.29, 1.82) is 0 Å². The molecule has 0 unspecified atom stereocenters. The maximum atomic E-state index is 13.8. The number of carboxylic acid groups (broad SMARTS) is 1. The fourth-order valence-electron chi connectivity index (χ4n) is 4.40. The summed E-state index contributed by atoms with van der Waals surface area (Å²) in [7, 11) is 0. The van der Waals surface area contributed by atoms with Crippen molar-refractivity contribution in [2.24, 2.45) is 5.10 Å². The first-order valence-electron chi connectivity index (χ1n) is 12.4. The van der Waals surface area contributed by atoms with E-state index in [9.17, 15) is 14.4 Å². The molecule has 39 heavy (non-hydrogen) atoms. The highest BCUT2D eigenvalue weighted by Gasteiger charge is 2.23. The molecule has 1 amide bonds. The number of thioether (sulfide) groups is 1. The maximum absolute atomic E-state index is 13.8. The first kappa shape index (κ1) is 26.6. The number of hydrogen-bond acceptors (Lipinski definition) is 8. The number of thiophene rings is 1. The quantitative estimate of drug-likeness (QED) is 0.135. The van der Waals surface area contributed by atoms with Crippen LogP contribution in [0.15, 0.2) is 63.6 Å². The zero-order chi connectivity index (χ0) is 27.4. The van der Waals surface area contributed by atoms with E-state index in [1.54, 1.807) is 40.2 Å². The molecule has 4 aromatic rings. The van der Waals surface area contributed by atoms with Crippen LogP contribution in [-0.2, 0) is 22.4 Å². The minimum Gasteiger partial charge on any atom is -0.481 e. The maximum Gasteiger partial charge on any atom is 0.341 e. The van der Waals surface area contributed by atoms with Crippen molar-refractivity contribution >= 4 is 51.4 Å². The number of rotatable bonds is 9. The van der Waals surface area contributed by atoms with Crippen LogP contribution in [0.2, 0.25) is 0 Å². The number of carbonyl (C=O) groups excluding carboxylic acids is 1. The van der Waals surface area contributed by atoms with Crippen molar-refractivity contribution in [3.8, 4) is 11.4 Å². The van der Waals surface area contributed by atoms with Gasteiger partial charge in [0.05, 0.1) is 23.0 Å². The smallest absolute Gasteiger partial charge is 0.341 e. The summed E-state index contributed by atoms with van der Waals surface area (Å²) in [5, 5.41) is 14.0. The third kappa shape index (κ3) is 6.04. The molecule has 0 saturated heterocycles. The van der Waals surface area contributed by atoms with Gasteiger partial charge in [-0.15, -0.1) is 11.3 Å². The molecule has 0 bridgehead atoms. The number of nitrogens with zero attached hydrogens (tertiary/aromatic N) is 3. The van der Waals surface area contributed by atoms with Gasteiger partial charge in [-0.3, -0.25) is 14.2 Å². The number of benzene rings is 2. The van der Waals surface area contributed by atoms with Gasteiger partial charge < -0.3 is 9.84 Å². The van der Waals surface area contributed by atoms with Crippen molar-refractivity contribution in [1.82, 2.24) is 15.0 Å². The van der Waals surface area contributed by atoms with E-state index in [0.717, 1.165) is 36.8 Å². The summed E-state index contributed by atoms with van der Waals surface area (Å²) < 4.78 is 6.85. The molecule has 2 N–H and O–H groups in total. The Morgan fingerprint density at radius 1 is 1.18 bits per heavy atom. The van der Waals surface area contributed by atoms with E-state index in [1.807, 2.05) is 31.2 Å². The van der Waals surface area contributed by atoms with E-state index in [-0.39, 0.29) is 17.2 Å². The molecule has 1 aliphatic carbocycles. The fourth-order valence-corrected chi connectivity index (χ4v) is 6.51. The van der Waals surface area contributed by atoms with Gasteiger partial charge in [-0.25, -0.2) is 15.2 Å². The number of para-hydroxylation sites is 1. The number of carbonyl (C=O) groups is 2. The minimum atomic E-state index is -1.09. The average Bonchev–Trinajstić information content (AvgIpc) is 3.31. The summed E-state index contributed by atoms with van der Waals surface area (Å²) in [6, 6.07) is 14.5. The number of hydrogen-bond donors (Lipinski definition) is 2. The van der Waals surface area contributed by atoms with Gasteiger partial charge >= 0.3 is 5.97 Å². The zero-order valence-electron chi connectivity index (χ0n) is 21.2. The number of amides is 1. The molecule has 0 aliphatic heterocycles. The van der Waals surface area contributed by atoms with Gasteiger partial charge in [0.1, 0.15) is 10.6 Å². The molecule has 1 aliphatic rings. The number of carboxylic acids is 1. The van der Waals surface area contributed by atoms with Gasteiger partial charge in [-0.2, -0.15) is 5.10 Å². The molecule has 5 rings (SSSR count).